The monoisotopic (exact) mass is 439 g/mol. The molecular formula is C24H26FN3O4. The van der Waals surface area contributed by atoms with Gasteiger partial charge in [0.15, 0.2) is 0 Å². The standard InChI is InChI=1S/C24H26FN3O4/c1-30-14-11-28(23(29)19-7-9-20(25)10-8-19)17-21-22(18-5-3-2-4-6-18)26-32-24(21)27-12-15-31-16-13-27/h2-10H,11-17H2,1H3. The average molecular weight is 439 g/mol. The molecule has 1 saturated heterocycles. The van der Waals surface area contributed by atoms with Crippen LogP contribution in [0.1, 0.15) is 15.9 Å². The van der Waals surface area contributed by atoms with Crippen molar-refractivity contribution in [1.29, 1.82) is 0 Å². The molecule has 2 heterocycles. The van der Waals surface area contributed by atoms with E-state index in [9.17, 15) is 9.18 Å². The predicted octanol–water partition coefficient (Wildman–Crippen LogP) is 3.61. The van der Waals surface area contributed by atoms with Gasteiger partial charge in [-0.25, -0.2) is 4.39 Å². The van der Waals surface area contributed by atoms with Crippen molar-refractivity contribution in [2.75, 3.05) is 51.5 Å². The van der Waals surface area contributed by atoms with Crippen LogP contribution in [0.5, 0.6) is 0 Å². The van der Waals surface area contributed by atoms with Crippen LogP contribution in [0.2, 0.25) is 0 Å². The summed E-state index contributed by atoms with van der Waals surface area (Å²) in [6, 6.07) is 15.3. The summed E-state index contributed by atoms with van der Waals surface area (Å²) in [4.78, 5) is 17.1. The average Bonchev–Trinajstić information content (AvgIpc) is 3.26. The Morgan fingerprint density at radius 2 is 1.84 bits per heavy atom. The van der Waals surface area contributed by atoms with E-state index in [4.69, 9.17) is 14.0 Å². The van der Waals surface area contributed by atoms with Crippen molar-refractivity contribution in [1.82, 2.24) is 10.1 Å². The minimum Gasteiger partial charge on any atom is -0.383 e. The normalized spacial score (nSPS) is 13.9. The van der Waals surface area contributed by atoms with Gasteiger partial charge >= 0.3 is 0 Å². The molecule has 8 heteroatoms. The second kappa shape index (κ2) is 10.4. The van der Waals surface area contributed by atoms with E-state index in [1.54, 1.807) is 12.0 Å². The highest BCUT2D eigenvalue weighted by Crippen LogP contribution is 2.33. The van der Waals surface area contributed by atoms with Crippen LogP contribution in [0, 0.1) is 5.82 Å². The second-order valence-corrected chi connectivity index (χ2v) is 7.51. The Labute approximate surface area is 186 Å². The fourth-order valence-electron chi connectivity index (χ4n) is 3.70. The van der Waals surface area contributed by atoms with Gasteiger partial charge in [-0.05, 0) is 24.3 Å². The summed E-state index contributed by atoms with van der Waals surface area (Å²) in [6.07, 6.45) is 0. The molecule has 3 aromatic rings. The van der Waals surface area contributed by atoms with Crippen molar-refractivity contribution in [3.63, 3.8) is 0 Å². The Morgan fingerprint density at radius 3 is 2.53 bits per heavy atom. The number of rotatable bonds is 8. The van der Waals surface area contributed by atoms with Gasteiger partial charge in [0, 0.05) is 37.9 Å². The number of amides is 1. The molecule has 1 amide bonds. The van der Waals surface area contributed by atoms with E-state index in [1.807, 2.05) is 30.3 Å². The van der Waals surface area contributed by atoms with Crippen LogP contribution in [0.25, 0.3) is 11.3 Å². The van der Waals surface area contributed by atoms with E-state index in [0.717, 1.165) is 11.1 Å². The summed E-state index contributed by atoms with van der Waals surface area (Å²) in [6.45, 7) is 3.58. The van der Waals surface area contributed by atoms with Gasteiger partial charge in [0.25, 0.3) is 5.91 Å². The molecule has 1 aromatic heterocycles. The molecule has 0 atom stereocenters. The molecule has 0 saturated carbocycles. The van der Waals surface area contributed by atoms with E-state index in [-0.39, 0.29) is 18.3 Å². The molecule has 7 nitrogen and oxygen atoms in total. The number of morpholine rings is 1. The Morgan fingerprint density at radius 1 is 1.12 bits per heavy atom. The Bertz CT molecular complexity index is 1020. The zero-order valence-corrected chi connectivity index (χ0v) is 18.0. The summed E-state index contributed by atoms with van der Waals surface area (Å²) in [5.74, 6) is 0.0432. The number of anilines is 1. The molecule has 0 bridgehead atoms. The SMILES string of the molecule is COCCN(Cc1c(-c2ccccc2)noc1N1CCOCC1)C(=O)c1ccc(F)cc1. The number of halogens is 1. The smallest absolute Gasteiger partial charge is 0.254 e. The Kier molecular flexibility index (Phi) is 7.14. The van der Waals surface area contributed by atoms with Gasteiger partial charge in [0.05, 0.1) is 31.9 Å². The fourth-order valence-corrected chi connectivity index (χ4v) is 3.70. The maximum atomic E-state index is 13.4. The van der Waals surface area contributed by atoms with E-state index in [2.05, 4.69) is 10.1 Å². The van der Waals surface area contributed by atoms with Gasteiger partial charge in [0.1, 0.15) is 11.5 Å². The van der Waals surface area contributed by atoms with Gasteiger partial charge in [0.2, 0.25) is 5.88 Å². The highest BCUT2D eigenvalue weighted by Gasteiger charge is 2.27. The number of carbonyl (C=O) groups is 1. The summed E-state index contributed by atoms with van der Waals surface area (Å²) in [7, 11) is 1.59. The zero-order valence-electron chi connectivity index (χ0n) is 18.0. The molecule has 4 rings (SSSR count). The number of hydrogen-bond donors (Lipinski definition) is 0. The van der Waals surface area contributed by atoms with E-state index < -0.39 is 0 Å². The van der Waals surface area contributed by atoms with Gasteiger partial charge in [-0.15, -0.1) is 0 Å². The fraction of sp³-hybridized carbons (Fsp3) is 0.333. The Hall–Kier alpha value is -3.23. The van der Waals surface area contributed by atoms with Gasteiger partial charge < -0.3 is 23.8 Å². The lowest BCUT2D eigenvalue weighted by molar-refractivity contribution is 0.0680. The lowest BCUT2D eigenvalue weighted by atomic mass is 10.1. The van der Waals surface area contributed by atoms with Crippen LogP contribution in [-0.4, -0.2) is 62.5 Å². The van der Waals surface area contributed by atoms with E-state index in [1.165, 1.54) is 24.3 Å². The van der Waals surface area contributed by atoms with Crippen LogP contribution < -0.4 is 4.90 Å². The Balaban J connectivity index is 1.70. The minimum absolute atomic E-state index is 0.213. The van der Waals surface area contributed by atoms with Crippen molar-refractivity contribution < 1.29 is 23.2 Å². The number of carbonyl (C=O) groups excluding carboxylic acids is 1. The van der Waals surface area contributed by atoms with Gasteiger partial charge in [-0.1, -0.05) is 35.5 Å². The molecule has 0 spiro atoms. The van der Waals surface area contributed by atoms with E-state index >= 15 is 0 Å². The molecule has 0 radical (unpaired) electrons. The molecule has 1 aliphatic heterocycles. The largest absolute Gasteiger partial charge is 0.383 e. The van der Waals surface area contributed by atoms with Crippen molar-refractivity contribution in [3.8, 4) is 11.3 Å². The van der Waals surface area contributed by atoms with Gasteiger partial charge in [-0.3, -0.25) is 4.79 Å². The summed E-state index contributed by atoms with van der Waals surface area (Å²) in [5.41, 5.74) is 2.84. The summed E-state index contributed by atoms with van der Waals surface area (Å²) >= 11 is 0. The third-order valence-electron chi connectivity index (χ3n) is 5.41. The van der Waals surface area contributed by atoms with Crippen LogP contribution in [0.4, 0.5) is 10.3 Å². The van der Waals surface area contributed by atoms with Crippen molar-refractivity contribution in [2.45, 2.75) is 6.54 Å². The second-order valence-electron chi connectivity index (χ2n) is 7.51. The first-order valence-corrected chi connectivity index (χ1v) is 10.6. The molecule has 2 aromatic carbocycles. The molecule has 168 valence electrons. The summed E-state index contributed by atoms with van der Waals surface area (Å²) in [5, 5.41) is 4.36. The maximum absolute atomic E-state index is 13.4. The minimum atomic E-state index is -0.384. The first-order valence-electron chi connectivity index (χ1n) is 10.6. The van der Waals surface area contributed by atoms with Crippen LogP contribution >= 0.6 is 0 Å². The molecule has 0 N–H and O–H groups in total. The van der Waals surface area contributed by atoms with Crippen LogP contribution in [0.3, 0.4) is 0 Å². The maximum Gasteiger partial charge on any atom is 0.254 e. The highest BCUT2D eigenvalue weighted by molar-refractivity contribution is 5.94. The number of ether oxygens (including phenoxy) is 2. The van der Waals surface area contributed by atoms with Crippen LogP contribution in [0.15, 0.2) is 59.1 Å². The third-order valence-corrected chi connectivity index (χ3v) is 5.41. The zero-order chi connectivity index (χ0) is 22.3. The topological polar surface area (TPSA) is 68.0 Å². The first kappa shape index (κ1) is 22.0. The third kappa shape index (κ3) is 4.98. The van der Waals surface area contributed by atoms with E-state index in [0.29, 0.717) is 56.6 Å². The lowest BCUT2D eigenvalue weighted by Gasteiger charge is -2.28. The molecule has 32 heavy (non-hydrogen) atoms. The quantitative estimate of drug-likeness (QED) is 0.534. The molecule has 1 aliphatic rings. The summed E-state index contributed by atoms with van der Waals surface area (Å²) < 4.78 is 29.9. The number of hydrogen-bond acceptors (Lipinski definition) is 6. The number of nitrogens with zero attached hydrogens (tertiary/aromatic N) is 3. The van der Waals surface area contributed by atoms with Crippen LogP contribution in [-0.2, 0) is 16.0 Å². The van der Waals surface area contributed by atoms with Crippen molar-refractivity contribution in [3.05, 3.63) is 71.5 Å². The molecule has 1 fully saturated rings. The molecule has 0 unspecified atom stereocenters. The number of methoxy groups -OCH3 is 1. The predicted molar refractivity (Wildman–Crippen MR) is 118 cm³/mol. The first-order chi connectivity index (χ1) is 15.7. The number of aromatic nitrogens is 1. The van der Waals surface area contributed by atoms with Crippen molar-refractivity contribution in [2.24, 2.45) is 0 Å². The van der Waals surface area contributed by atoms with Crippen molar-refractivity contribution >= 4 is 11.8 Å². The molecular weight excluding hydrogens is 413 g/mol. The van der Waals surface area contributed by atoms with Gasteiger partial charge in [-0.2, -0.15) is 0 Å². The lowest BCUT2D eigenvalue weighted by Crippen LogP contribution is -2.38. The number of benzene rings is 2. The highest BCUT2D eigenvalue weighted by atomic mass is 19.1. The molecule has 0 aliphatic carbocycles.